The Hall–Kier alpha value is -2.17. The van der Waals surface area contributed by atoms with Crippen molar-refractivity contribution in [2.75, 3.05) is 11.5 Å². The van der Waals surface area contributed by atoms with Crippen LogP contribution >= 0.6 is 58.3 Å². The predicted octanol–water partition coefficient (Wildman–Crippen LogP) is 4.02. The van der Waals surface area contributed by atoms with Gasteiger partial charge < -0.3 is 10.4 Å². The number of carboxylic acid groups (broad SMARTS) is 1. The first kappa shape index (κ1) is 25.9. The van der Waals surface area contributed by atoms with E-state index in [1.807, 2.05) is 41.2 Å². The monoisotopic (exact) mass is 570 g/mol. The van der Waals surface area contributed by atoms with Gasteiger partial charge in [0, 0.05) is 22.8 Å². The van der Waals surface area contributed by atoms with Gasteiger partial charge in [-0.05, 0) is 23.8 Å². The van der Waals surface area contributed by atoms with E-state index >= 15 is 0 Å². The molecule has 2 atom stereocenters. The van der Waals surface area contributed by atoms with E-state index in [1.165, 1.54) is 22.7 Å². The van der Waals surface area contributed by atoms with E-state index in [0.717, 1.165) is 11.8 Å². The normalized spacial score (nSPS) is 19.5. The van der Waals surface area contributed by atoms with Crippen molar-refractivity contribution < 1.29 is 24.1 Å². The molecule has 4 rings (SSSR count). The zero-order valence-corrected chi connectivity index (χ0v) is 21.9. The number of allylic oxidation sites excluding steroid dienone is 2. The zero-order chi connectivity index (χ0) is 25.1. The number of amides is 2. The molecule has 0 radical (unpaired) electrons. The molecule has 12 heteroatoms. The van der Waals surface area contributed by atoms with Crippen molar-refractivity contribution in [3.05, 3.63) is 81.2 Å². The first-order valence-electron chi connectivity index (χ1n) is 10.3. The molecule has 0 bridgehead atoms. The second-order valence-corrected chi connectivity index (χ2v) is 10.9. The number of hydrogen-bond donors (Lipinski definition) is 2. The molecule has 0 aliphatic carbocycles. The molecule has 3 heterocycles. The summed E-state index contributed by atoms with van der Waals surface area (Å²) < 4.78 is 1.94. The van der Waals surface area contributed by atoms with Crippen LogP contribution < -0.4 is 9.88 Å². The van der Waals surface area contributed by atoms with Gasteiger partial charge in [0.05, 0.1) is 20.8 Å². The quantitative estimate of drug-likeness (QED) is 0.215. The summed E-state index contributed by atoms with van der Waals surface area (Å²) in [6.45, 7) is 0.568. The van der Waals surface area contributed by atoms with Crippen LogP contribution in [0.4, 0.5) is 0 Å². The topological polar surface area (TPSA) is 90.6 Å². The number of β-lactam (4-membered cyclic amide) rings is 1. The van der Waals surface area contributed by atoms with Gasteiger partial charge in [-0.3, -0.25) is 14.5 Å². The summed E-state index contributed by atoms with van der Waals surface area (Å²) in [6, 6.07) is 8.00. The molecule has 2 amide bonds. The number of nitrogens with one attached hydrogen (secondary N) is 1. The Labute approximate surface area is 225 Å². The van der Waals surface area contributed by atoms with Crippen molar-refractivity contribution in [1.29, 1.82) is 0 Å². The lowest BCUT2D eigenvalue weighted by Crippen LogP contribution is -2.70. The molecule has 182 valence electrons. The molecule has 0 spiro atoms. The highest BCUT2D eigenvalue weighted by Crippen LogP contribution is 2.41. The van der Waals surface area contributed by atoms with Crippen LogP contribution in [-0.4, -0.2) is 50.7 Å². The van der Waals surface area contributed by atoms with Crippen molar-refractivity contribution in [1.82, 2.24) is 10.2 Å². The number of thioether (sulfide) groups is 2. The van der Waals surface area contributed by atoms with Gasteiger partial charge in [0.25, 0.3) is 5.91 Å². The first-order valence-corrected chi connectivity index (χ1v) is 13.5. The SMILES string of the molecule is O=C(CSc1cc(Cl)c(Cl)cc1Cl)N[C@@H]1C(=O)N2C(C(=O)O)=C(/C=C/C[n+]3ccccc3)CS[C@H]12. The number of halogens is 3. The molecule has 2 aromatic rings. The third kappa shape index (κ3) is 5.81. The lowest BCUT2D eigenvalue weighted by molar-refractivity contribution is -0.687. The second kappa shape index (κ2) is 11.3. The maximum absolute atomic E-state index is 12.8. The highest BCUT2D eigenvalue weighted by atomic mass is 35.5. The first-order chi connectivity index (χ1) is 16.8. The minimum Gasteiger partial charge on any atom is -0.477 e. The van der Waals surface area contributed by atoms with E-state index in [2.05, 4.69) is 5.32 Å². The summed E-state index contributed by atoms with van der Waals surface area (Å²) in [6.07, 6.45) is 7.41. The fourth-order valence-electron chi connectivity index (χ4n) is 3.62. The molecule has 2 aliphatic heterocycles. The number of carboxylic acids is 1. The minimum atomic E-state index is -1.18. The lowest BCUT2D eigenvalue weighted by Gasteiger charge is -2.49. The Morgan fingerprint density at radius 3 is 2.60 bits per heavy atom. The smallest absolute Gasteiger partial charge is 0.352 e. The standard InChI is InChI=1S/C23H18Cl3N3O4S2/c24-14-9-16(26)17(10-15(14)25)34-12-18(30)27-19-21(31)29-20(23(32)33)13(11-35-22(19)29)5-4-8-28-6-2-1-3-7-28/h1-7,9-10,19,22H,8,11-12H2,(H-,27,30,32,33)/p+1/b5-4+/t19-,22-/m1/s1. The zero-order valence-electron chi connectivity index (χ0n) is 18.0. The second-order valence-electron chi connectivity index (χ2n) is 7.59. The van der Waals surface area contributed by atoms with Gasteiger partial charge in [-0.25, -0.2) is 9.36 Å². The van der Waals surface area contributed by atoms with E-state index in [9.17, 15) is 19.5 Å². The predicted molar refractivity (Wildman–Crippen MR) is 138 cm³/mol. The molecule has 1 aromatic heterocycles. The van der Waals surface area contributed by atoms with Crippen molar-refractivity contribution in [2.24, 2.45) is 0 Å². The maximum atomic E-state index is 12.8. The number of pyridine rings is 1. The number of nitrogens with zero attached hydrogens (tertiary/aromatic N) is 2. The van der Waals surface area contributed by atoms with Crippen LogP contribution in [0.25, 0.3) is 0 Å². The van der Waals surface area contributed by atoms with Gasteiger partial charge in [0.1, 0.15) is 17.1 Å². The van der Waals surface area contributed by atoms with Gasteiger partial charge in [-0.2, -0.15) is 0 Å². The third-order valence-electron chi connectivity index (χ3n) is 5.26. The number of rotatable bonds is 8. The maximum Gasteiger partial charge on any atom is 0.352 e. The minimum absolute atomic E-state index is 0.00557. The van der Waals surface area contributed by atoms with Gasteiger partial charge >= 0.3 is 5.97 Å². The third-order valence-corrected chi connectivity index (χ3v) is 8.77. The fraction of sp³-hybridized carbons (Fsp3) is 0.217. The van der Waals surface area contributed by atoms with Crippen LogP contribution in [-0.2, 0) is 20.9 Å². The number of carbonyl (C=O) groups excluding carboxylic acids is 2. The summed E-state index contributed by atoms with van der Waals surface area (Å²) in [5.41, 5.74) is 0.508. The number of aliphatic carboxylic acids is 1. The molecule has 2 aliphatic rings. The van der Waals surface area contributed by atoms with Crippen LogP contribution in [0.15, 0.2) is 71.0 Å². The van der Waals surface area contributed by atoms with Gasteiger partial charge in [0.2, 0.25) is 5.91 Å². The average Bonchev–Trinajstić information content (AvgIpc) is 2.84. The molecular weight excluding hydrogens is 553 g/mol. The van der Waals surface area contributed by atoms with E-state index in [4.69, 9.17) is 34.8 Å². The summed E-state index contributed by atoms with van der Waals surface area (Å²) in [7, 11) is 0. The average molecular weight is 572 g/mol. The van der Waals surface area contributed by atoms with E-state index in [-0.39, 0.29) is 17.4 Å². The number of fused-ring (bicyclic) bond motifs is 1. The molecule has 1 saturated heterocycles. The Morgan fingerprint density at radius 2 is 1.89 bits per heavy atom. The van der Waals surface area contributed by atoms with Crippen LogP contribution in [0.5, 0.6) is 0 Å². The number of aromatic nitrogens is 1. The number of benzene rings is 1. The van der Waals surface area contributed by atoms with E-state index in [1.54, 1.807) is 12.1 Å². The van der Waals surface area contributed by atoms with Crippen LogP contribution in [0.3, 0.4) is 0 Å². The fourth-order valence-corrected chi connectivity index (χ4v) is 6.48. The Balaban J connectivity index is 1.39. The summed E-state index contributed by atoms with van der Waals surface area (Å²) in [5, 5.41) is 13.0. The van der Waals surface area contributed by atoms with Crippen molar-refractivity contribution in [2.45, 2.75) is 22.9 Å². The molecule has 1 aromatic carbocycles. The van der Waals surface area contributed by atoms with Crippen LogP contribution in [0.2, 0.25) is 15.1 Å². The molecule has 1 fully saturated rings. The largest absolute Gasteiger partial charge is 0.477 e. The van der Waals surface area contributed by atoms with Crippen molar-refractivity contribution in [3.8, 4) is 0 Å². The van der Waals surface area contributed by atoms with Gasteiger partial charge in [-0.1, -0.05) is 46.9 Å². The van der Waals surface area contributed by atoms with E-state index in [0.29, 0.717) is 37.8 Å². The lowest BCUT2D eigenvalue weighted by atomic mass is 10.0. The summed E-state index contributed by atoms with van der Waals surface area (Å²) in [5.74, 6) is -1.58. The van der Waals surface area contributed by atoms with Gasteiger partial charge in [0.15, 0.2) is 18.9 Å². The molecule has 2 N–H and O–H groups in total. The summed E-state index contributed by atoms with van der Waals surface area (Å²) in [4.78, 5) is 39.1. The van der Waals surface area contributed by atoms with Crippen molar-refractivity contribution >= 4 is 76.1 Å². The Bertz CT molecular complexity index is 1240. The molecule has 7 nitrogen and oxygen atoms in total. The molecule has 35 heavy (non-hydrogen) atoms. The number of hydrogen-bond acceptors (Lipinski definition) is 5. The molecule has 0 saturated carbocycles. The van der Waals surface area contributed by atoms with Crippen LogP contribution in [0, 0.1) is 0 Å². The molecule has 0 unspecified atom stereocenters. The summed E-state index contributed by atoms with van der Waals surface area (Å²) >= 11 is 20.7. The molecular formula is C23H19Cl3N3O4S2+. The van der Waals surface area contributed by atoms with Crippen molar-refractivity contribution in [3.63, 3.8) is 0 Å². The highest BCUT2D eigenvalue weighted by Gasteiger charge is 2.53. The van der Waals surface area contributed by atoms with Crippen LogP contribution in [0.1, 0.15) is 0 Å². The Morgan fingerprint density at radius 1 is 1.17 bits per heavy atom. The highest BCUT2D eigenvalue weighted by molar-refractivity contribution is 8.00. The van der Waals surface area contributed by atoms with E-state index < -0.39 is 23.3 Å². The number of carbonyl (C=O) groups is 3. The Kier molecular flexibility index (Phi) is 8.34. The van der Waals surface area contributed by atoms with Gasteiger partial charge in [-0.15, -0.1) is 23.5 Å².